The third-order valence-corrected chi connectivity index (χ3v) is 6.64. The molecule has 0 atom stereocenters. The Morgan fingerprint density at radius 1 is 0.333 bits per heavy atom. The van der Waals surface area contributed by atoms with Gasteiger partial charge in [-0.25, -0.2) is 19.2 Å². The van der Waals surface area contributed by atoms with Crippen LogP contribution in [0.25, 0.3) is 0 Å². The number of rotatable bonds is 20. The van der Waals surface area contributed by atoms with Crippen LogP contribution in [-0.2, 0) is 34.1 Å². The van der Waals surface area contributed by atoms with Crippen molar-refractivity contribution in [3.63, 3.8) is 0 Å². The zero-order chi connectivity index (χ0) is 31.9. The first-order chi connectivity index (χ1) is 18.9. The fraction of sp³-hybridized carbons (Fsp3) is 0.875. The van der Waals surface area contributed by atoms with Gasteiger partial charge in [-0.2, -0.15) is 0 Å². The van der Waals surface area contributed by atoms with Crippen molar-refractivity contribution >= 4 is 23.9 Å². The molecule has 2 radical (unpaired) electrons. The molecule has 0 saturated carbocycles. The molecule has 0 aliphatic heterocycles. The Kier molecular flexibility index (Phi) is 50.8. The van der Waals surface area contributed by atoms with E-state index in [4.69, 9.17) is 39.6 Å². The minimum atomic E-state index is -0.135. The molecular formula is C32H72Cu2O8+12. The van der Waals surface area contributed by atoms with E-state index in [9.17, 15) is 0 Å². The molecular weight excluding hydrogens is 639 g/mol. The predicted molar refractivity (Wildman–Crippen MR) is 175 cm³/mol. The summed E-state index contributed by atoms with van der Waals surface area (Å²) in [5, 5.41) is 28.1. The summed E-state index contributed by atoms with van der Waals surface area (Å²) in [6.07, 6.45) is 16.0. The van der Waals surface area contributed by atoms with Gasteiger partial charge < -0.3 is 20.4 Å². The maximum absolute atomic E-state index is 8.86. The fourth-order valence-corrected chi connectivity index (χ4v) is 4.46. The Balaban J connectivity index is -0.000000101. The smallest absolute Gasteiger partial charge is 0.524 e. The van der Waals surface area contributed by atoms with Crippen LogP contribution in [0.5, 0.6) is 0 Å². The average molecular weight is 712 g/mol. The van der Waals surface area contributed by atoms with Crippen molar-refractivity contribution in [3.8, 4) is 0 Å². The number of hydrogen-bond donors (Lipinski definition) is 0. The molecule has 0 unspecified atom stereocenters. The first-order valence-corrected chi connectivity index (χ1v) is 16.0. The molecule has 0 bridgehead atoms. The van der Waals surface area contributed by atoms with Crippen LogP contribution >= 0.6 is 0 Å². The predicted octanol–water partition coefficient (Wildman–Crippen LogP) is 5.71. The second-order valence-electron chi connectivity index (χ2n) is 10.6. The van der Waals surface area contributed by atoms with Crippen molar-refractivity contribution in [2.24, 2.45) is 23.7 Å². The molecule has 0 heterocycles. The van der Waals surface area contributed by atoms with Crippen molar-refractivity contribution in [1.82, 2.24) is 0 Å². The maximum atomic E-state index is 8.86. The first kappa shape index (κ1) is 53.5. The molecule has 0 aliphatic rings. The quantitative estimate of drug-likeness (QED) is 0.111. The van der Waals surface area contributed by atoms with Crippen LogP contribution in [0.1, 0.15) is 158 Å². The van der Waals surface area contributed by atoms with Crippen molar-refractivity contribution in [2.45, 2.75) is 158 Å². The van der Waals surface area contributed by atoms with Crippen LogP contribution in [0.3, 0.4) is 0 Å². The summed E-state index contributed by atoms with van der Waals surface area (Å²) in [5.41, 5.74) is 0. The van der Waals surface area contributed by atoms with E-state index in [-0.39, 0.29) is 81.7 Å². The van der Waals surface area contributed by atoms with Crippen LogP contribution in [-0.4, -0.2) is 63.5 Å². The third kappa shape index (κ3) is 36.9. The minimum Gasteiger partial charge on any atom is -0.524 e. The molecule has 10 heteroatoms. The van der Waals surface area contributed by atoms with Gasteiger partial charge in [-0.1, -0.05) is 107 Å². The van der Waals surface area contributed by atoms with Gasteiger partial charge in [-0.15, -0.1) is 0 Å². The SMILES string of the molecule is CCCC(CCC)C(=[OH+])[OH2+].CCCC(CCC)C(=[OH+])[OH2+].CCCC(CCC)C(=[OH+])[OH2+].CCCC(CCC)C(=[OH+])[OH2+].[Cu+2].[Cu+2]. The van der Waals surface area contributed by atoms with Gasteiger partial charge in [-0.05, 0) is 51.4 Å². The molecule has 0 spiro atoms. The summed E-state index contributed by atoms with van der Waals surface area (Å²) in [4.78, 5) is 35.4. The molecule has 0 aromatic rings. The van der Waals surface area contributed by atoms with Gasteiger partial charge in [0.25, 0.3) is 0 Å². The van der Waals surface area contributed by atoms with Gasteiger partial charge in [0.1, 0.15) is 0 Å². The van der Waals surface area contributed by atoms with E-state index in [1.807, 2.05) is 0 Å². The molecule has 0 aromatic heterocycles. The molecule has 0 aliphatic carbocycles. The van der Waals surface area contributed by atoms with Crippen LogP contribution in [0, 0.1) is 23.7 Å². The van der Waals surface area contributed by atoms with Gasteiger partial charge in [0.15, 0.2) is 23.7 Å². The fourth-order valence-electron chi connectivity index (χ4n) is 4.46. The molecule has 258 valence electrons. The van der Waals surface area contributed by atoms with Gasteiger partial charge in [0.2, 0.25) is 0 Å². The van der Waals surface area contributed by atoms with Crippen LogP contribution < -0.4 is 0 Å². The van der Waals surface area contributed by atoms with E-state index in [0.717, 1.165) is 103 Å². The van der Waals surface area contributed by atoms with E-state index in [1.54, 1.807) is 0 Å². The molecule has 0 fully saturated rings. The van der Waals surface area contributed by atoms with Gasteiger partial charge in [-0.3, -0.25) is 0 Å². The zero-order valence-corrected chi connectivity index (χ0v) is 29.9. The van der Waals surface area contributed by atoms with Gasteiger partial charge in [0.05, 0.1) is 0 Å². The Hall–Kier alpha value is -1.08. The molecule has 12 N–H and O–H groups in total. The maximum Gasteiger partial charge on any atom is 2.00 e. The van der Waals surface area contributed by atoms with E-state index >= 15 is 0 Å². The summed E-state index contributed by atoms with van der Waals surface area (Å²) < 4.78 is 0. The summed E-state index contributed by atoms with van der Waals surface area (Å²) in [6.45, 7) is 16.6. The van der Waals surface area contributed by atoms with E-state index < -0.39 is 0 Å². The molecule has 0 amide bonds. The van der Waals surface area contributed by atoms with Gasteiger partial charge in [0, 0.05) is 0 Å². The Bertz CT molecular complexity index is 489. The molecule has 0 saturated heterocycles. The molecule has 0 rings (SSSR count). The van der Waals surface area contributed by atoms with Crippen molar-refractivity contribution in [2.75, 3.05) is 0 Å². The van der Waals surface area contributed by atoms with E-state index in [1.165, 1.54) is 0 Å². The number of hydrogen-bond acceptors (Lipinski definition) is 0. The van der Waals surface area contributed by atoms with Gasteiger partial charge >= 0.3 is 58.0 Å². The number of carbonyl (C=O) groups excluding carboxylic acids is 4. The zero-order valence-electron chi connectivity index (χ0n) is 28.0. The van der Waals surface area contributed by atoms with Crippen LogP contribution in [0.15, 0.2) is 0 Å². The Morgan fingerprint density at radius 3 is 0.476 bits per heavy atom. The Morgan fingerprint density at radius 2 is 0.429 bits per heavy atom. The van der Waals surface area contributed by atoms with Crippen molar-refractivity contribution < 1.29 is 73.7 Å². The third-order valence-electron chi connectivity index (χ3n) is 6.64. The molecule has 42 heavy (non-hydrogen) atoms. The first-order valence-electron chi connectivity index (χ1n) is 16.0. The largest absolute Gasteiger partial charge is 2.00 e. The second-order valence-corrected chi connectivity index (χ2v) is 10.6. The normalized spacial score (nSPS) is 9.81. The van der Waals surface area contributed by atoms with E-state index in [0.29, 0.717) is 0 Å². The van der Waals surface area contributed by atoms with Crippen LogP contribution in [0.4, 0.5) is 0 Å². The second kappa shape index (κ2) is 39.9. The van der Waals surface area contributed by atoms with E-state index in [2.05, 4.69) is 55.4 Å². The van der Waals surface area contributed by atoms with Crippen molar-refractivity contribution in [3.05, 3.63) is 0 Å². The van der Waals surface area contributed by atoms with Crippen molar-refractivity contribution in [1.29, 1.82) is 0 Å². The monoisotopic (exact) mass is 710 g/mol. The summed E-state index contributed by atoms with van der Waals surface area (Å²) in [5.74, 6) is -0.0604. The minimum absolute atomic E-state index is 0. The summed E-state index contributed by atoms with van der Waals surface area (Å²) in [7, 11) is 0. The van der Waals surface area contributed by atoms with Crippen LogP contribution in [0.2, 0.25) is 0 Å². The summed E-state index contributed by atoms with van der Waals surface area (Å²) in [6, 6.07) is 0. The topological polar surface area (TPSA) is 177 Å². The molecule has 0 aromatic carbocycles. The standard InChI is InChI=1S/4C8H16O2.2Cu/c4*1-3-5-7(6-4-2)8(9)10;;/h4*7H,3-6H2,1-2H3,(H,9,10);;/q;;;;2*+2/p+8. The average Bonchev–Trinajstić information content (AvgIpc) is 2.89. The molecule has 8 nitrogen and oxygen atoms in total. The Labute approximate surface area is 278 Å². The summed E-state index contributed by atoms with van der Waals surface area (Å²) >= 11 is 0.